The van der Waals surface area contributed by atoms with Crippen LogP contribution in [0.5, 0.6) is 5.75 Å². The minimum Gasteiger partial charge on any atom is -0.490 e. The lowest BCUT2D eigenvalue weighted by Crippen LogP contribution is -1.92. The van der Waals surface area contributed by atoms with Crippen LogP contribution < -0.4 is 4.74 Å². The maximum absolute atomic E-state index is 14.5. The van der Waals surface area contributed by atoms with Crippen molar-refractivity contribution in [2.24, 2.45) is 0 Å². The lowest BCUT2D eigenvalue weighted by Gasteiger charge is -2.02. The Morgan fingerprint density at radius 1 is 0.647 bits per heavy atom. The first-order chi connectivity index (χ1) is 16.5. The van der Waals surface area contributed by atoms with E-state index in [9.17, 15) is 13.2 Å². The second kappa shape index (κ2) is 10.5. The number of allylic oxidation sites excluding steroid dienone is 1. The highest BCUT2D eigenvalue weighted by Gasteiger charge is 2.04. The van der Waals surface area contributed by atoms with E-state index < -0.39 is 17.5 Å². The Kier molecular flexibility index (Phi) is 7.01. The van der Waals surface area contributed by atoms with E-state index in [4.69, 9.17) is 4.74 Å². The normalized spacial score (nSPS) is 10.5. The minimum absolute atomic E-state index is 0.221. The van der Waals surface area contributed by atoms with Crippen LogP contribution in [0.15, 0.2) is 84.9 Å². The van der Waals surface area contributed by atoms with Crippen molar-refractivity contribution < 1.29 is 17.9 Å². The molecule has 0 aromatic heterocycles. The highest BCUT2D eigenvalue weighted by Crippen LogP contribution is 2.20. The summed E-state index contributed by atoms with van der Waals surface area (Å²) in [5.41, 5.74) is 2.11. The second-order valence-electron chi connectivity index (χ2n) is 7.43. The lowest BCUT2D eigenvalue weighted by molar-refractivity contribution is 0.362. The van der Waals surface area contributed by atoms with Gasteiger partial charge in [0.15, 0.2) is 11.6 Å². The topological polar surface area (TPSA) is 9.23 Å². The Morgan fingerprint density at radius 3 is 2.00 bits per heavy atom. The first-order valence-corrected chi connectivity index (χ1v) is 10.6. The number of benzene rings is 4. The van der Waals surface area contributed by atoms with Gasteiger partial charge in [-0.2, -0.15) is 0 Å². The summed E-state index contributed by atoms with van der Waals surface area (Å²) in [6, 6.07) is 19.2. The van der Waals surface area contributed by atoms with Crippen LogP contribution in [0.1, 0.15) is 29.2 Å². The third-order valence-electron chi connectivity index (χ3n) is 4.98. The van der Waals surface area contributed by atoms with E-state index in [0.29, 0.717) is 28.5 Å². The first-order valence-electron chi connectivity index (χ1n) is 10.6. The molecule has 0 saturated heterocycles. The fourth-order valence-electron chi connectivity index (χ4n) is 3.17. The maximum Gasteiger partial charge on any atom is 0.159 e. The number of hydrogen-bond acceptors (Lipinski definition) is 1. The Labute approximate surface area is 196 Å². The molecule has 0 fully saturated rings. The second-order valence-corrected chi connectivity index (χ2v) is 7.43. The molecule has 0 aliphatic carbocycles. The molecule has 0 atom stereocenters. The standard InChI is InChI=1S/C30H19F3O/c1-2-3-16-34-27-14-9-21(10-15-27)4-5-23-7-12-24(28(31)18-23)11-6-22-8-13-25-19-29(32)30(33)20-26(25)17-22/h2-3,7-10,12-15,17-20H,16H2,1H3/b3-2+. The van der Waals surface area contributed by atoms with Crippen LogP contribution >= 0.6 is 0 Å². The third kappa shape index (κ3) is 5.68. The van der Waals surface area contributed by atoms with Crippen LogP contribution in [0.3, 0.4) is 0 Å². The van der Waals surface area contributed by atoms with E-state index in [2.05, 4.69) is 23.7 Å². The van der Waals surface area contributed by atoms with Gasteiger partial charge in [-0.25, -0.2) is 13.2 Å². The molecule has 0 bridgehead atoms. The van der Waals surface area contributed by atoms with Crippen LogP contribution in [-0.4, -0.2) is 6.61 Å². The third-order valence-corrected chi connectivity index (χ3v) is 4.98. The molecule has 0 heterocycles. The molecule has 0 amide bonds. The molecule has 0 aliphatic rings. The molecule has 0 unspecified atom stereocenters. The molecule has 4 rings (SSSR count). The van der Waals surface area contributed by atoms with Crippen molar-refractivity contribution in [3.8, 4) is 29.4 Å². The van der Waals surface area contributed by atoms with E-state index in [-0.39, 0.29) is 5.56 Å². The van der Waals surface area contributed by atoms with Gasteiger partial charge >= 0.3 is 0 Å². The molecule has 4 heteroatoms. The molecule has 0 radical (unpaired) electrons. The van der Waals surface area contributed by atoms with Crippen molar-refractivity contribution >= 4 is 10.8 Å². The number of ether oxygens (including phenoxy) is 1. The predicted molar refractivity (Wildman–Crippen MR) is 129 cm³/mol. The number of halogens is 3. The average Bonchev–Trinajstić information content (AvgIpc) is 2.84. The van der Waals surface area contributed by atoms with Crippen LogP contribution in [-0.2, 0) is 0 Å². The van der Waals surface area contributed by atoms with E-state index in [1.165, 1.54) is 6.07 Å². The Hall–Kier alpha value is -4.41. The van der Waals surface area contributed by atoms with Crippen LogP contribution in [0.4, 0.5) is 13.2 Å². The van der Waals surface area contributed by atoms with Gasteiger partial charge < -0.3 is 4.74 Å². The molecule has 0 saturated carbocycles. The van der Waals surface area contributed by atoms with Crippen LogP contribution in [0.2, 0.25) is 0 Å². The molecule has 4 aromatic rings. The Morgan fingerprint density at radius 2 is 1.26 bits per heavy atom. The SMILES string of the molecule is C/C=C/COc1ccc(C#Cc2ccc(C#Cc3ccc4cc(F)c(F)cc4c3)c(F)c2)cc1. The van der Waals surface area contributed by atoms with Gasteiger partial charge in [0.1, 0.15) is 18.2 Å². The first kappa shape index (κ1) is 22.8. The molecule has 166 valence electrons. The number of fused-ring (bicyclic) bond motifs is 1. The van der Waals surface area contributed by atoms with Gasteiger partial charge in [0.25, 0.3) is 0 Å². The lowest BCUT2D eigenvalue weighted by atomic mass is 10.1. The summed E-state index contributed by atoms with van der Waals surface area (Å²) in [7, 11) is 0. The quantitative estimate of drug-likeness (QED) is 0.240. The van der Waals surface area contributed by atoms with Crippen LogP contribution in [0.25, 0.3) is 10.8 Å². The van der Waals surface area contributed by atoms with Crippen molar-refractivity contribution in [3.05, 3.63) is 125 Å². The van der Waals surface area contributed by atoms with Crippen molar-refractivity contribution in [1.82, 2.24) is 0 Å². The largest absolute Gasteiger partial charge is 0.490 e. The fourth-order valence-corrected chi connectivity index (χ4v) is 3.17. The summed E-state index contributed by atoms with van der Waals surface area (Å²) >= 11 is 0. The Balaban J connectivity index is 1.48. The summed E-state index contributed by atoms with van der Waals surface area (Å²) in [4.78, 5) is 0. The summed E-state index contributed by atoms with van der Waals surface area (Å²) in [5, 5.41) is 1.09. The van der Waals surface area contributed by atoms with Gasteiger partial charge in [-0.05, 0) is 84.4 Å². The summed E-state index contributed by atoms with van der Waals surface area (Å²) in [6.45, 7) is 2.44. The highest BCUT2D eigenvalue weighted by atomic mass is 19.2. The van der Waals surface area contributed by atoms with Crippen molar-refractivity contribution in [3.63, 3.8) is 0 Å². The zero-order chi connectivity index (χ0) is 23.9. The smallest absolute Gasteiger partial charge is 0.159 e. The van der Waals surface area contributed by atoms with E-state index >= 15 is 0 Å². The monoisotopic (exact) mass is 452 g/mol. The number of rotatable bonds is 3. The summed E-state index contributed by atoms with van der Waals surface area (Å²) in [5.74, 6) is 10.1. The average molecular weight is 452 g/mol. The zero-order valence-electron chi connectivity index (χ0n) is 18.3. The summed E-state index contributed by atoms with van der Waals surface area (Å²) < 4.78 is 46.9. The van der Waals surface area contributed by atoms with Gasteiger partial charge in [0.05, 0.1) is 5.56 Å². The van der Waals surface area contributed by atoms with Crippen molar-refractivity contribution in [1.29, 1.82) is 0 Å². The zero-order valence-corrected chi connectivity index (χ0v) is 18.3. The molecule has 0 spiro atoms. The van der Waals surface area contributed by atoms with Crippen LogP contribution in [0, 0.1) is 41.1 Å². The van der Waals surface area contributed by atoms with Gasteiger partial charge in [-0.1, -0.05) is 41.9 Å². The summed E-state index contributed by atoms with van der Waals surface area (Å²) in [6.07, 6.45) is 3.84. The Bertz CT molecular complexity index is 1490. The molecule has 0 aliphatic heterocycles. The number of hydrogen-bond donors (Lipinski definition) is 0. The van der Waals surface area contributed by atoms with Crippen molar-refractivity contribution in [2.45, 2.75) is 6.92 Å². The van der Waals surface area contributed by atoms with E-state index in [0.717, 1.165) is 23.4 Å². The molecule has 4 aromatic carbocycles. The minimum atomic E-state index is -0.922. The predicted octanol–water partition coefficient (Wildman–Crippen LogP) is 7.01. The molecular weight excluding hydrogens is 433 g/mol. The van der Waals surface area contributed by atoms with Crippen molar-refractivity contribution in [2.75, 3.05) is 6.61 Å². The molecule has 1 nitrogen and oxygen atoms in total. The van der Waals surface area contributed by atoms with Gasteiger partial charge in [-0.3, -0.25) is 0 Å². The van der Waals surface area contributed by atoms with Gasteiger partial charge in [0, 0.05) is 16.7 Å². The maximum atomic E-state index is 14.5. The van der Waals surface area contributed by atoms with E-state index in [1.54, 1.807) is 30.3 Å². The van der Waals surface area contributed by atoms with Gasteiger partial charge in [0.2, 0.25) is 0 Å². The molecule has 0 N–H and O–H groups in total. The highest BCUT2D eigenvalue weighted by molar-refractivity contribution is 5.84. The fraction of sp³-hybridized carbons (Fsp3) is 0.0667. The molecule has 34 heavy (non-hydrogen) atoms. The van der Waals surface area contributed by atoms with Gasteiger partial charge in [-0.15, -0.1) is 0 Å². The van der Waals surface area contributed by atoms with E-state index in [1.807, 2.05) is 43.3 Å². The molecular formula is C30H19F3O.